The van der Waals surface area contributed by atoms with Crippen molar-refractivity contribution >= 4 is 22.7 Å². The Morgan fingerprint density at radius 1 is 1.00 bits per heavy atom. The average Bonchev–Trinajstić information content (AvgIpc) is 3.18. The molecule has 0 atom stereocenters. The number of rotatable bonds is 7. The molecular formula is C24H23F6N3O3. The van der Waals surface area contributed by atoms with Gasteiger partial charge in [0.05, 0.1) is 36.8 Å². The standard InChI is InChI=1S/C24H23F6N3O3/c1-4-31-20(13-9-14(23(25,26)27)11-15(10-13)24(28,29)30)21-17(7-8-32-22(34)36-3)18-12-16(35-2)5-6-19(18)33-21/h5-6,9-12,33H,4,7-8H2,1-3H3,(H,32,34). The van der Waals surface area contributed by atoms with Gasteiger partial charge in [-0.2, -0.15) is 26.3 Å². The summed E-state index contributed by atoms with van der Waals surface area (Å²) in [6.07, 6.45) is -10.5. The van der Waals surface area contributed by atoms with Crippen LogP contribution in [-0.2, 0) is 23.5 Å². The minimum absolute atomic E-state index is 0.0719. The first-order chi connectivity index (χ1) is 16.9. The zero-order valence-corrected chi connectivity index (χ0v) is 19.5. The van der Waals surface area contributed by atoms with Crippen LogP contribution in [-0.4, -0.2) is 44.1 Å². The summed E-state index contributed by atoms with van der Waals surface area (Å²) in [7, 11) is 2.65. The number of alkyl halides is 6. The third-order valence-corrected chi connectivity index (χ3v) is 5.36. The van der Waals surface area contributed by atoms with Gasteiger partial charge in [0.1, 0.15) is 5.75 Å². The molecule has 0 aliphatic rings. The van der Waals surface area contributed by atoms with Crippen LogP contribution >= 0.6 is 0 Å². The maximum absolute atomic E-state index is 13.5. The van der Waals surface area contributed by atoms with E-state index in [1.807, 2.05) is 0 Å². The van der Waals surface area contributed by atoms with Gasteiger partial charge in [-0.15, -0.1) is 0 Å². The number of alkyl carbamates (subject to hydrolysis) is 1. The van der Waals surface area contributed by atoms with Gasteiger partial charge in [-0.05, 0) is 55.3 Å². The molecule has 0 fully saturated rings. The van der Waals surface area contributed by atoms with Crippen molar-refractivity contribution in [2.45, 2.75) is 25.7 Å². The minimum atomic E-state index is -5.01. The van der Waals surface area contributed by atoms with E-state index in [1.54, 1.807) is 25.1 Å². The molecule has 0 saturated carbocycles. The number of aromatic nitrogens is 1. The van der Waals surface area contributed by atoms with Gasteiger partial charge in [-0.25, -0.2) is 4.79 Å². The van der Waals surface area contributed by atoms with E-state index in [1.165, 1.54) is 14.2 Å². The summed E-state index contributed by atoms with van der Waals surface area (Å²) in [4.78, 5) is 18.9. The molecule has 0 unspecified atom stereocenters. The molecule has 0 aliphatic carbocycles. The number of H-pyrrole nitrogens is 1. The quantitative estimate of drug-likeness (QED) is 0.301. The second kappa shape index (κ2) is 10.5. The Hall–Kier alpha value is -3.70. The van der Waals surface area contributed by atoms with Crippen molar-refractivity contribution < 1.29 is 40.6 Å². The lowest BCUT2D eigenvalue weighted by atomic mass is 9.96. The predicted molar refractivity (Wildman–Crippen MR) is 122 cm³/mol. The third-order valence-electron chi connectivity index (χ3n) is 5.36. The second-order valence-electron chi connectivity index (χ2n) is 7.68. The van der Waals surface area contributed by atoms with Gasteiger partial charge in [0.2, 0.25) is 0 Å². The molecule has 194 valence electrons. The molecular weight excluding hydrogens is 492 g/mol. The van der Waals surface area contributed by atoms with Crippen LogP contribution in [0.25, 0.3) is 10.9 Å². The molecule has 6 nitrogen and oxygen atoms in total. The normalized spacial score (nSPS) is 12.6. The fourth-order valence-corrected chi connectivity index (χ4v) is 3.74. The topological polar surface area (TPSA) is 75.7 Å². The summed E-state index contributed by atoms with van der Waals surface area (Å²) in [5.41, 5.74) is -1.98. The number of methoxy groups -OCH3 is 2. The van der Waals surface area contributed by atoms with Crippen LogP contribution in [0.2, 0.25) is 0 Å². The Morgan fingerprint density at radius 2 is 1.64 bits per heavy atom. The van der Waals surface area contributed by atoms with E-state index >= 15 is 0 Å². The largest absolute Gasteiger partial charge is 0.497 e. The number of hydrogen-bond donors (Lipinski definition) is 2. The van der Waals surface area contributed by atoms with Crippen molar-refractivity contribution in [1.29, 1.82) is 0 Å². The van der Waals surface area contributed by atoms with Crippen molar-refractivity contribution in [2.24, 2.45) is 4.99 Å². The number of carbonyl (C=O) groups is 1. The Morgan fingerprint density at radius 3 is 2.17 bits per heavy atom. The van der Waals surface area contributed by atoms with Crippen LogP contribution < -0.4 is 10.1 Å². The first-order valence-electron chi connectivity index (χ1n) is 10.7. The maximum Gasteiger partial charge on any atom is 0.416 e. The molecule has 0 aliphatic heterocycles. The molecule has 3 rings (SSSR count). The smallest absolute Gasteiger partial charge is 0.416 e. The van der Waals surface area contributed by atoms with E-state index < -0.39 is 29.6 Å². The Bertz CT molecular complexity index is 1250. The van der Waals surface area contributed by atoms with Crippen LogP contribution in [0.1, 0.15) is 34.9 Å². The lowest BCUT2D eigenvalue weighted by Crippen LogP contribution is -2.25. The van der Waals surface area contributed by atoms with Crippen molar-refractivity contribution in [3.63, 3.8) is 0 Å². The maximum atomic E-state index is 13.5. The number of aromatic amines is 1. The molecule has 1 aromatic heterocycles. The average molecular weight is 515 g/mol. The molecule has 3 aromatic rings. The lowest BCUT2D eigenvalue weighted by molar-refractivity contribution is -0.143. The van der Waals surface area contributed by atoms with E-state index in [-0.39, 0.29) is 42.5 Å². The van der Waals surface area contributed by atoms with Crippen molar-refractivity contribution in [2.75, 3.05) is 27.3 Å². The number of hydrogen-bond acceptors (Lipinski definition) is 4. The zero-order valence-electron chi connectivity index (χ0n) is 19.5. The number of ether oxygens (including phenoxy) is 2. The summed E-state index contributed by atoms with van der Waals surface area (Å²) in [6, 6.07) is 6.37. The van der Waals surface area contributed by atoms with E-state index in [0.717, 1.165) is 0 Å². The van der Waals surface area contributed by atoms with Gasteiger partial charge in [-0.3, -0.25) is 4.99 Å². The number of halogens is 6. The van der Waals surface area contributed by atoms with Gasteiger partial charge in [0.25, 0.3) is 0 Å². The van der Waals surface area contributed by atoms with Crippen molar-refractivity contribution in [1.82, 2.24) is 10.3 Å². The number of nitrogens with zero attached hydrogens (tertiary/aromatic N) is 1. The van der Waals surface area contributed by atoms with Crippen molar-refractivity contribution in [3.05, 3.63) is 64.3 Å². The molecule has 0 radical (unpaired) electrons. The van der Waals surface area contributed by atoms with E-state index in [9.17, 15) is 31.1 Å². The second-order valence-corrected chi connectivity index (χ2v) is 7.68. The first-order valence-corrected chi connectivity index (χ1v) is 10.7. The number of fused-ring (bicyclic) bond motifs is 1. The molecule has 0 saturated heterocycles. The van der Waals surface area contributed by atoms with Crippen LogP contribution in [0.5, 0.6) is 5.75 Å². The summed E-state index contributed by atoms with van der Waals surface area (Å²) in [5.74, 6) is 0.489. The van der Waals surface area contributed by atoms with E-state index in [2.05, 4.69) is 20.0 Å². The molecule has 2 aromatic carbocycles. The zero-order chi connectivity index (χ0) is 26.7. The highest BCUT2D eigenvalue weighted by Crippen LogP contribution is 2.37. The fourth-order valence-electron chi connectivity index (χ4n) is 3.74. The van der Waals surface area contributed by atoms with Crippen LogP contribution in [0.3, 0.4) is 0 Å². The first kappa shape index (κ1) is 26.9. The molecule has 12 heteroatoms. The predicted octanol–water partition coefficient (Wildman–Crippen LogP) is 5.97. The van der Waals surface area contributed by atoms with E-state index in [0.29, 0.717) is 34.3 Å². The number of amides is 1. The van der Waals surface area contributed by atoms with E-state index in [4.69, 9.17) is 4.74 Å². The van der Waals surface area contributed by atoms with Gasteiger partial charge < -0.3 is 19.8 Å². The van der Waals surface area contributed by atoms with Crippen LogP contribution in [0.4, 0.5) is 31.1 Å². The summed E-state index contributed by atoms with van der Waals surface area (Å²) in [6.45, 7) is 1.79. The van der Waals surface area contributed by atoms with Gasteiger partial charge >= 0.3 is 18.4 Å². The summed E-state index contributed by atoms with van der Waals surface area (Å²) in [5, 5.41) is 3.13. The lowest BCUT2D eigenvalue weighted by Gasteiger charge is -2.16. The van der Waals surface area contributed by atoms with Gasteiger partial charge in [-0.1, -0.05) is 0 Å². The molecule has 0 spiro atoms. The molecule has 1 heterocycles. The van der Waals surface area contributed by atoms with Crippen molar-refractivity contribution in [3.8, 4) is 5.75 Å². The Balaban J connectivity index is 2.25. The monoisotopic (exact) mass is 515 g/mol. The third kappa shape index (κ3) is 5.92. The number of nitrogens with one attached hydrogen (secondary N) is 2. The number of carbonyl (C=O) groups excluding carboxylic acids is 1. The Labute approximate surface area is 202 Å². The van der Waals surface area contributed by atoms with Crippen LogP contribution in [0, 0.1) is 0 Å². The summed E-state index contributed by atoms with van der Waals surface area (Å²) < 4.78 is 90.9. The van der Waals surface area contributed by atoms with Gasteiger partial charge in [0, 0.05) is 29.6 Å². The Kier molecular flexibility index (Phi) is 7.85. The SMILES string of the molecule is CCN=C(c1cc(C(F)(F)F)cc(C(F)(F)F)c1)c1[nH]c2ccc(OC)cc2c1CCNC(=O)OC. The highest BCUT2D eigenvalue weighted by molar-refractivity contribution is 6.15. The summed E-state index contributed by atoms with van der Waals surface area (Å²) >= 11 is 0. The molecule has 36 heavy (non-hydrogen) atoms. The number of aliphatic imine (C=N–C) groups is 1. The molecule has 0 bridgehead atoms. The van der Waals surface area contributed by atoms with Gasteiger partial charge in [0.15, 0.2) is 0 Å². The fraction of sp³-hybridized carbons (Fsp3) is 0.333. The highest BCUT2D eigenvalue weighted by atomic mass is 19.4. The highest BCUT2D eigenvalue weighted by Gasteiger charge is 2.37. The molecule has 2 N–H and O–H groups in total. The molecule has 1 amide bonds. The number of benzene rings is 2. The van der Waals surface area contributed by atoms with Crippen LogP contribution in [0.15, 0.2) is 41.4 Å². The minimum Gasteiger partial charge on any atom is -0.497 e.